The molecule has 7 heteroatoms. The smallest absolute Gasteiger partial charge is 0.247 e. The lowest BCUT2D eigenvalue weighted by Crippen LogP contribution is -2.55. The highest BCUT2D eigenvalue weighted by Gasteiger charge is 2.49. The number of benzene rings is 2. The Morgan fingerprint density at radius 1 is 0.667 bits per heavy atom. The Morgan fingerprint density at radius 2 is 1.15 bits per heavy atom. The summed E-state index contributed by atoms with van der Waals surface area (Å²) in [6.07, 6.45) is 2.99. The van der Waals surface area contributed by atoms with Gasteiger partial charge in [0.25, 0.3) is 0 Å². The third kappa shape index (κ3) is 15.6. The number of carbonyl (C=O) groups is 1. The second kappa shape index (κ2) is 30.2. The predicted molar refractivity (Wildman–Crippen MR) is 217 cm³/mol. The van der Waals surface area contributed by atoms with E-state index >= 15 is 0 Å². The van der Waals surface area contributed by atoms with Crippen molar-refractivity contribution in [1.82, 2.24) is 25.0 Å². The quantitative estimate of drug-likeness (QED) is 0.270. The molecule has 1 aromatic heterocycles. The monoisotopic (exact) mass is 671 g/mol. The highest BCUT2D eigenvalue weighted by Crippen LogP contribution is 2.35. The van der Waals surface area contributed by atoms with Gasteiger partial charge in [-0.2, -0.15) is 0 Å². The minimum absolute atomic E-state index is 0.194. The molecule has 0 radical (unpaired) electrons. The van der Waals surface area contributed by atoms with E-state index in [-0.39, 0.29) is 11.4 Å². The van der Waals surface area contributed by atoms with Crippen LogP contribution in [-0.2, 0) is 17.8 Å². The molecule has 3 aliphatic heterocycles. The maximum absolute atomic E-state index is 12.3. The van der Waals surface area contributed by atoms with Crippen molar-refractivity contribution < 1.29 is 4.79 Å². The lowest BCUT2D eigenvalue weighted by atomic mass is 9.86. The summed E-state index contributed by atoms with van der Waals surface area (Å²) in [6, 6.07) is 18.8. The largest absolute Gasteiger partial charge is 0.357 e. The maximum Gasteiger partial charge on any atom is 0.247 e. The molecule has 3 aliphatic rings. The van der Waals surface area contributed by atoms with Gasteiger partial charge >= 0.3 is 0 Å². The molecule has 2 N–H and O–H groups in total. The van der Waals surface area contributed by atoms with Crippen molar-refractivity contribution in [2.75, 3.05) is 66.4 Å². The first-order chi connectivity index (χ1) is 23.3. The van der Waals surface area contributed by atoms with Crippen LogP contribution in [-0.4, -0.2) is 92.7 Å². The van der Waals surface area contributed by atoms with Gasteiger partial charge in [0.05, 0.1) is 6.67 Å². The molecule has 3 aromatic rings. The fraction of sp³-hybridized carbons (Fsp3) is 0.634. The molecular weight excluding hydrogens is 592 g/mol. The Bertz CT molecular complexity index is 1130. The van der Waals surface area contributed by atoms with Gasteiger partial charge < -0.3 is 29.9 Å². The van der Waals surface area contributed by atoms with Crippen molar-refractivity contribution in [2.45, 2.75) is 114 Å². The minimum atomic E-state index is -0.326. The van der Waals surface area contributed by atoms with Crippen molar-refractivity contribution in [3.05, 3.63) is 65.9 Å². The van der Waals surface area contributed by atoms with Gasteiger partial charge in [-0.15, -0.1) is 0 Å². The third-order valence-corrected chi connectivity index (χ3v) is 7.29. The lowest BCUT2D eigenvalue weighted by Gasteiger charge is -2.42. The van der Waals surface area contributed by atoms with Gasteiger partial charge in [-0.1, -0.05) is 119 Å². The number of para-hydroxylation sites is 2. The number of H-pyrrole nitrogens is 1. The maximum atomic E-state index is 12.3. The predicted octanol–water partition coefficient (Wildman–Crippen LogP) is 9.54. The average molecular weight is 671 g/mol. The molecule has 278 valence electrons. The topological polar surface area (TPSA) is 57.9 Å². The van der Waals surface area contributed by atoms with Crippen molar-refractivity contribution in [3.63, 3.8) is 0 Å². The zero-order chi connectivity index (χ0) is 37.7. The molecule has 2 aromatic carbocycles. The first-order valence-electron chi connectivity index (χ1n) is 19.0. The molecule has 48 heavy (non-hydrogen) atoms. The Balaban J connectivity index is -0.000000601. The van der Waals surface area contributed by atoms with E-state index in [0.717, 1.165) is 38.2 Å². The van der Waals surface area contributed by atoms with Gasteiger partial charge in [-0.25, -0.2) is 0 Å². The van der Waals surface area contributed by atoms with E-state index in [4.69, 9.17) is 0 Å². The van der Waals surface area contributed by atoms with E-state index in [1.165, 1.54) is 35.1 Å². The Labute approximate surface area is 298 Å². The number of carbonyl (C=O) groups excluding carboxylic acids is 1. The van der Waals surface area contributed by atoms with E-state index in [1.807, 2.05) is 127 Å². The number of likely N-dealkylation sites (tertiary alicyclic amines) is 1. The second-order valence-corrected chi connectivity index (χ2v) is 10.7. The van der Waals surface area contributed by atoms with E-state index in [9.17, 15) is 4.79 Å². The van der Waals surface area contributed by atoms with Gasteiger partial charge in [-0.3, -0.25) is 4.79 Å². The fourth-order valence-corrected chi connectivity index (χ4v) is 5.35. The number of anilines is 1. The second-order valence-electron chi connectivity index (χ2n) is 10.7. The molecule has 7 nitrogen and oxygen atoms in total. The number of rotatable bonds is 1. The van der Waals surface area contributed by atoms with Crippen LogP contribution in [0.3, 0.4) is 0 Å². The van der Waals surface area contributed by atoms with Crippen LogP contribution in [0.4, 0.5) is 5.69 Å². The van der Waals surface area contributed by atoms with Crippen LogP contribution >= 0.6 is 0 Å². The molecule has 2 fully saturated rings. The van der Waals surface area contributed by atoms with Crippen LogP contribution in [0, 0.1) is 0 Å². The fourth-order valence-electron chi connectivity index (χ4n) is 5.35. The molecule has 0 atom stereocenters. The zero-order valence-electron chi connectivity index (χ0n) is 34.6. The summed E-state index contributed by atoms with van der Waals surface area (Å²) in [7, 11) is 10.3. The van der Waals surface area contributed by atoms with Gasteiger partial charge in [0.2, 0.25) is 5.91 Å². The normalized spacial score (nSPS) is 15.3. The molecule has 1 spiro atoms. The molecule has 1 amide bonds. The number of hydrogen-bond donors (Lipinski definition) is 2. The van der Waals surface area contributed by atoms with Crippen molar-refractivity contribution in [3.8, 4) is 0 Å². The molecule has 0 unspecified atom stereocenters. The van der Waals surface area contributed by atoms with Crippen LogP contribution in [0.1, 0.15) is 107 Å². The third-order valence-electron chi connectivity index (χ3n) is 7.29. The summed E-state index contributed by atoms with van der Waals surface area (Å²) in [5, 5.41) is 4.42. The van der Waals surface area contributed by atoms with Gasteiger partial charge in [0, 0.05) is 48.5 Å². The lowest BCUT2D eigenvalue weighted by molar-refractivity contribution is -0.125. The van der Waals surface area contributed by atoms with E-state index in [0.29, 0.717) is 6.67 Å². The molecule has 0 bridgehead atoms. The molecule has 6 rings (SSSR count). The standard InChI is InChI=1S/C14H19N3O.C12H14N2.C3H9N.6C2H6/c1-16-9-7-14(8-10-16)13(18)15-11-17(14)12-5-3-2-4-6-12;1-14-7-6-10-9-4-2-3-5-11(9)13-12(10)8-14;1-4(2)3;6*1-2/h2-6H,7-11H2,1H3,(H,15,18);2-5,13H,6-8H2,1H3;1-3H3;6*1-2H3. The average Bonchev–Trinajstić information content (AvgIpc) is 3.68. The summed E-state index contributed by atoms with van der Waals surface area (Å²) >= 11 is 0. The number of aromatic amines is 1. The number of nitrogens with zero attached hydrogens (tertiary/aromatic N) is 4. The van der Waals surface area contributed by atoms with Gasteiger partial charge in [-0.05, 0) is 78.3 Å². The van der Waals surface area contributed by atoms with E-state index < -0.39 is 0 Å². The number of nitrogens with one attached hydrogen (secondary N) is 2. The number of fused-ring (bicyclic) bond motifs is 3. The highest BCUT2D eigenvalue weighted by atomic mass is 16.2. The summed E-state index contributed by atoms with van der Waals surface area (Å²) in [5.41, 5.74) is 5.03. The molecule has 2 saturated heterocycles. The molecular formula is C41H78N6O. The van der Waals surface area contributed by atoms with Crippen LogP contribution in [0.25, 0.3) is 10.9 Å². The first-order valence-corrected chi connectivity index (χ1v) is 19.0. The van der Waals surface area contributed by atoms with Crippen molar-refractivity contribution in [1.29, 1.82) is 0 Å². The van der Waals surface area contributed by atoms with E-state index in [1.54, 1.807) is 0 Å². The number of aromatic nitrogens is 1. The first kappa shape index (κ1) is 49.5. The molecule has 0 aliphatic carbocycles. The van der Waals surface area contributed by atoms with Crippen LogP contribution in [0.2, 0.25) is 0 Å². The summed E-state index contributed by atoms with van der Waals surface area (Å²) in [5.74, 6) is 0.194. The van der Waals surface area contributed by atoms with Gasteiger partial charge in [0.15, 0.2) is 0 Å². The molecule has 4 heterocycles. The summed E-state index contributed by atoms with van der Waals surface area (Å²) in [6.45, 7) is 28.8. The van der Waals surface area contributed by atoms with Crippen LogP contribution in [0.15, 0.2) is 54.6 Å². The van der Waals surface area contributed by atoms with E-state index in [2.05, 4.69) is 75.5 Å². The Hall–Kier alpha value is -2.87. The minimum Gasteiger partial charge on any atom is -0.357 e. The Morgan fingerprint density at radius 3 is 1.67 bits per heavy atom. The highest BCUT2D eigenvalue weighted by molar-refractivity contribution is 5.93. The van der Waals surface area contributed by atoms with Crippen LogP contribution in [0.5, 0.6) is 0 Å². The summed E-state index contributed by atoms with van der Waals surface area (Å²) in [4.78, 5) is 24.7. The zero-order valence-corrected chi connectivity index (χ0v) is 34.6. The van der Waals surface area contributed by atoms with Crippen molar-refractivity contribution in [2.24, 2.45) is 0 Å². The summed E-state index contributed by atoms with van der Waals surface area (Å²) < 4.78 is 0. The van der Waals surface area contributed by atoms with Gasteiger partial charge in [0.1, 0.15) is 5.54 Å². The molecule has 0 saturated carbocycles. The number of likely N-dealkylation sites (N-methyl/N-ethyl adjacent to an activating group) is 1. The number of hydrogen-bond acceptors (Lipinski definition) is 5. The van der Waals surface area contributed by atoms with Crippen LogP contribution < -0.4 is 10.2 Å². The SMILES string of the molecule is CC.CC.CC.CC.CC.CC.CN(C)C.CN1CCC2(CC1)C(=O)NCN2c1ccccc1.CN1CCc2c([nH]c3ccccc23)C1. The number of piperidine rings is 1. The van der Waals surface area contributed by atoms with Crippen molar-refractivity contribution >= 4 is 22.5 Å². The number of amides is 1. The Kier molecular flexibility index (Phi) is 31.2.